The highest BCUT2D eigenvalue weighted by molar-refractivity contribution is 7.18. The Morgan fingerprint density at radius 1 is 0.364 bits per heavy atom. The zero-order valence-electron chi connectivity index (χ0n) is 29.8. The average molecular weight is 720 g/mol. The van der Waals surface area contributed by atoms with Gasteiger partial charge in [-0.15, -0.1) is 0 Å². The lowest BCUT2D eigenvalue weighted by Gasteiger charge is -2.10. The van der Waals surface area contributed by atoms with Crippen LogP contribution in [0.15, 0.2) is 200 Å². The molecular weight excluding hydrogens is 687 g/mol. The molecule has 55 heavy (non-hydrogen) atoms. The van der Waals surface area contributed by atoms with Crippen LogP contribution in [0.4, 0.5) is 0 Å². The van der Waals surface area contributed by atoms with Crippen molar-refractivity contribution >= 4 is 54.9 Å². The summed E-state index contributed by atoms with van der Waals surface area (Å²) >= 11 is 1.76. The van der Waals surface area contributed by atoms with Gasteiger partial charge in [0, 0.05) is 38.4 Å². The summed E-state index contributed by atoms with van der Waals surface area (Å²) in [4.78, 5) is 5.43. The first-order valence-corrected chi connectivity index (χ1v) is 19.5. The second kappa shape index (κ2) is 12.8. The third-order valence-electron chi connectivity index (χ3n) is 10.8. The Balaban J connectivity index is 1.33. The Morgan fingerprint density at radius 3 is 1.45 bits per heavy atom. The molecule has 0 atom stereocenters. The van der Waals surface area contributed by atoms with Gasteiger partial charge in [-0.1, -0.05) is 169 Å². The molecule has 0 saturated heterocycles. The van der Waals surface area contributed by atoms with Crippen LogP contribution in [0.25, 0.3) is 98.4 Å². The first-order chi connectivity index (χ1) is 27.3. The van der Waals surface area contributed by atoms with Gasteiger partial charge in [0.2, 0.25) is 0 Å². The second-order valence-corrected chi connectivity index (χ2v) is 14.9. The van der Waals surface area contributed by atoms with E-state index in [2.05, 4.69) is 209 Å². The van der Waals surface area contributed by atoms with Crippen LogP contribution in [0.5, 0.6) is 0 Å². The molecule has 8 aromatic carbocycles. The molecule has 0 bridgehead atoms. The number of nitrogens with zero attached hydrogens (tertiary/aromatic N) is 3. The summed E-state index contributed by atoms with van der Waals surface area (Å²) < 4.78 is 4.94. The number of hydrogen-bond acceptors (Lipinski definition) is 2. The van der Waals surface area contributed by atoms with Crippen molar-refractivity contribution in [3.63, 3.8) is 0 Å². The molecule has 0 fully saturated rings. The number of rotatable bonds is 6. The van der Waals surface area contributed by atoms with E-state index < -0.39 is 0 Å². The van der Waals surface area contributed by atoms with E-state index in [4.69, 9.17) is 4.98 Å². The van der Waals surface area contributed by atoms with Crippen LogP contribution < -0.4 is 0 Å². The highest BCUT2D eigenvalue weighted by Crippen LogP contribution is 2.47. The van der Waals surface area contributed by atoms with E-state index in [0.717, 1.165) is 38.0 Å². The summed E-state index contributed by atoms with van der Waals surface area (Å²) in [5.41, 5.74) is 13.8. The average Bonchev–Trinajstić information content (AvgIpc) is 3.95. The van der Waals surface area contributed by atoms with Gasteiger partial charge in [0.05, 0.1) is 22.1 Å². The van der Waals surface area contributed by atoms with E-state index in [1.165, 1.54) is 60.3 Å². The third kappa shape index (κ3) is 5.14. The van der Waals surface area contributed by atoms with E-state index in [1.54, 1.807) is 11.3 Å². The Hall–Kier alpha value is -7.01. The standard InChI is InChI=1S/C51H33N3S/c1-6-16-34(17-7-1)38-26-29-44-42(32-38)41-28-31-46-47(43-33-39(35-18-8-2-9-19-35)27-30-45(43)53(46)40-24-14-5-15-25-40)49(41)54(44)51-48(36-20-10-3-11-21-36)52-50(55-51)37-22-12-4-13-23-37/h1-33H. The quantitative estimate of drug-likeness (QED) is 0.168. The number of benzene rings is 8. The van der Waals surface area contributed by atoms with E-state index in [1.807, 2.05) is 0 Å². The zero-order valence-corrected chi connectivity index (χ0v) is 30.6. The highest BCUT2D eigenvalue weighted by Gasteiger charge is 2.25. The molecule has 3 nitrogen and oxygen atoms in total. The van der Waals surface area contributed by atoms with Crippen LogP contribution in [0.1, 0.15) is 0 Å². The summed E-state index contributed by atoms with van der Waals surface area (Å²) in [5, 5.41) is 6.96. The number of hydrogen-bond donors (Lipinski definition) is 0. The Kier molecular flexibility index (Phi) is 7.35. The summed E-state index contributed by atoms with van der Waals surface area (Å²) in [6.45, 7) is 0. The maximum absolute atomic E-state index is 5.43. The minimum absolute atomic E-state index is 0.976. The van der Waals surface area contributed by atoms with E-state index >= 15 is 0 Å². The van der Waals surface area contributed by atoms with Gasteiger partial charge in [-0.05, 0) is 64.7 Å². The van der Waals surface area contributed by atoms with Gasteiger partial charge in [-0.3, -0.25) is 4.57 Å². The summed E-state index contributed by atoms with van der Waals surface area (Å²) in [6.07, 6.45) is 0. The molecule has 11 aromatic rings. The number of fused-ring (bicyclic) bond motifs is 7. The largest absolute Gasteiger partial charge is 0.309 e. The van der Waals surface area contributed by atoms with Gasteiger partial charge in [0.15, 0.2) is 0 Å². The molecule has 0 aliphatic rings. The maximum Gasteiger partial charge on any atom is 0.129 e. The first kappa shape index (κ1) is 31.5. The SMILES string of the molecule is c1ccc(-c2ccc3c(c2)c2c(ccc4c5cc(-c6ccccc6)ccc5n(-c5sc(-c6ccccc6)nc5-c5ccccc5)c42)n3-c2ccccc2)cc1. The zero-order chi connectivity index (χ0) is 36.3. The van der Waals surface area contributed by atoms with Crippen LogP contribution in [-0.2, 0) is 0 Å². The molecule has 11 rings (SSSR count). The Labute approximate surface area is 322 Å². The summed E-state index contributed by atoms with van der Waals surface area (Å²) in [7, 11) is 0. The smallest absolute Gasteiger partial charge is 0.129 e. The van der Waals surface area contributed by atoms with E-state index in [9.17, 15) is 0 Å². The van der Waals surface area contributed by atoms with Gasteiger partial charge in [0.1, 0.15) is 15.7 Å². The molecule has 0 saturated carbocycles. The normalized spacial score (nSPS) is 11.6. The van der Waals surface area contributed by atoms with Crippen molar-refractivity contribution in [3.05, 3.63) is 200 Å². The molecule has 0 N–H and O–H groups in total. The van der Waals surface area contributed by atoms with Gasteiger partial charge in [-0.2, -0.15) is 0 Å². The van der Waals surface area contributed by atoms with Crippen LogP contribution in [0.3, 0.4) is 0 Å². The molecule has 258 valence electrons. The molecule has 0 radical (unpaired) electrons. The number of para-hydroxylation sites is 1. The Bertz CT molecular complexity index is 3160. The first-order valence-electron chi connectivity index (χ1n) is 18.6. The molecule has 0 aliphatic heterocycles. The summed E-state index contributed by atoms with van der Waals surface area (Å²) in [5.74, 6) is 0. The lowest BCUT2D eigenvalue weighted by atomic mass is 10.0. The van der Waals surface area contributed by atoms with Crippen molar-refractivity contribution in [1.29, 1.82) is 0 Å². The third-order valence-corrected chi connectivity index (χ3v) is 11.9. The fourth-order valence-corrected chi connectivity index (χ4v) is 9.36. The minimum Gasteiger partial charge on any atom is -0.309 e. The number of aromatic nitrogens is 3. The fourth-order valence-electron chi connectivity index (χ4n) is 8.25. The molecule has 3 aromatic heterocycles. The lowest BCUT2D eigenvalue weighted by Crippen LogP contribution is -1.95. The van der Waals surface area contributed by atoms with Crippen molar-refractivity contribution < 1.29 is 0 Å². The van der Waals surface area contributed by atoms with Gasteiger partial charge >= 0.3 is 0 Å². The van der Waals surface area contributed by atoms with Gasteiger partial charge in [-0.25, -0.2) is 4.98 Å². The molecule has 4 heteroatoms. The van der Waals surface area contributed by atoms with Crippen molar-refractivity contribution in [2.75, 3.05) is 0 Å². The molecule has 3 heterocycles. The van der Waals surface area contributed by atoms with Crippen LogP contribution in [0, 0.1) is 0 Å². The highest BCUT2D eigenvalue weighted by atomic mass is 32.1. The molecule has 0 amide bonds. The van der Waals surface area contributed by atoms with Crippen LogP contribution in [-0.4, -0.2) is 14.1 Å². The predicted octanol–water partition coefficient (Wildman–Crippen LogP) is 14.0. The topological polar surface area (TPSA) is 22.8 Å². The van der Waals surface area contributed by atoms with Gasteiger partial charge < -0.3 is 4.57 Å². The Morgan fingerprint density at radius 2 is 0.855 bits per heavy atom. The molecular formula is C51H33N3S. The predicted molar refractivity (Wildman–Crippen MR) is 233 cm³/mol. The van der Waals surface area contributed by atoms with Gasteiger partial charge in [0.25, 0.3) is 0 Å². The van der Waals surface area contributed by atoms with Crippen molar-refractivity contribution in [3.8, 4) is 54.8 Å². The minimum atomic E-state index is 0.976. The molecule has 0 unspecified atom stereocenters. The molecule has 0 spiro atoms. The monoisotopic (exact) mass is 719 g/mol. The van der Waals surface area contributed by atoms with E-state index in [0.29, 0.717) is 0 Å². The van der Waals surface area contributed by atoms with Crippen LogP contribution >= 0.6 is 11.3 Å². The second-order valence-electron chi connectivity index (χ2n) is 14.0. The van der Waals surface area contributed by atoms with Crippen molar-refractivity contribution in [2.45, 2.75) is 0 Å². The van der Waals surface area contributed by atoms with Crippen molar-refractivity contribution in [2.24, 2.45) is 0 Å². The van der Waals surface area contributed by atoms with Crippen molar-refractivity contribution in [1.82, 2.24) is 14.1 Å². The molecule has 0 aliphatic carbocycles. The number of thiazole rings is 1. The van der Waals surface area contributed by atoms with E-state index in [-0.39, 0.29) is 0 Å². The summed E-state index contributed by atoms with van der Waals surface area (Å²) in [6, 6.07) is 72.0. The fraction of sp³-hybridized carbons (Fsp3) is 0. The lowest BCUT2D eigenvalue weighted by molar-refractivity contribution is 1.18. The van der Waals surface area contributed by atoms with Crippen LogP contribution in [0.2, 0.25) is 0 Å². The maximum atomic E-state index is 5.43.